The van der Waals surface area contributed by atoms with Crippen LogP contribution in [0.3, 0.4) is 0 Å². The highest BCUT2D eigenvalue weighted by Crippen LogP contribution is 2.35. The lowest BCUT2D eigenvalue weighted by molar-refractivity contribution is -0.127. The summed E-state index contributed by atoms with van der Waals surface area (Å²) in [5.41, 5.74) is 0. The normalized spacial score (nSPS) is 32.5. The molecular weight excluding hydrogens is 276 g/mol. The topological polar surface area (TPSA) is 58.2 Å². The van der Waals surface area contributed by atoms with Gasteiger partial charge in [-0.2, -0.15) is 0 Å². The van der Waals surface area contributed by atoms with E-state index in [4.69, 9.17) is 0 Å². The van der Waals surface area contributed by atoms with Crippen molar-refractivity contribution < 1.29 is 9.59 Å². The van der Waals surface area contributed by atoms with Gasteiger partial charge in [0.15, 0.2) is 0 Å². The molecule has 4 nitrogen and oxygen atoms in total. The van der Waals surface area contributed by atoms with E-state index in [0.29, 0.717) is 6.04 Å². The molecule has 2 fully saturated rings. The number of carbonyl (C=O) groups excluding carboxylic acids is 2. The molecule has 2 aliphatic carbocycles. The maximum absolute atomic E-state index is 11.6. The zero-order valence-corrected chi connectivity index (χ0v) is 14.2. The van der Waals surface area contributed by atoms with E-state index < -0.39 is 0 Å². The van der Waals surface area contributed by atoms with Gasteiger partial charge in [0.1, 0.15) is 5.78 Å². The van der Waals surface area contributed by atoms with Gasteiger partial charge in [0.2, 0.25) is 5.91 Å². The summed E-state index contributed by atoms with van der Waals surface area (Å²) in [6.07, 6.45) is 11.5. The molecule has 4 heteroatoms. The van der Waals surface area contributed by atoms with Crippen molar-refractivity contribution in [2.45, 2.75) is 83.2 Å². The number of hydrogen-bond acceptors (Lipinski definition) is 3. The first-order valence-corrected chi connectivity index (χ1v) is 9.03. The molecule has 0 spiro atoms. The molecule has 0 unspecified atom stereocenters. The Kier molecular flexibility index (Phi) is 6.87. The second-order valence-corrected chi connectivity index (χ2v) is 7.41. The van der Waals surface area contributed by atoms with E-state index in [2.05, 4.69) is 17.7 Å². The van der Waals surface area contributed by atoms with Crippen LogP contribution in [0.5, 0.6) is 0 Å². The molecule has 0 bridgehead atoms. The SMILES string of the molecule is CNC1CCC(CC2CCC(NC(=O)CC(C)=O)CC2)CC1. The van der Waals surface area contributed by atoms with Gasteiger partial charge in [-0.25, -0.2) is 0 Å². The summed E-state index contributed by atoms with van der Waals surface area (Å²) in [5, 5.41) is 6.42. The van der Waals surface area contributed by atoms with Crippen molar-refractivity contribution >= 4 is 11.7 Å². The van der Waals surface area contributed by atoms with Crippen molar-refractivity contribution in [3.8, 4) is 0 Å². The average molecular weight is 308 g/mol. The molecule has 0 saturated heterocycles. The van der Waals surface area contributed by atoms with Crippen molar-refractivity contribution in [3.63, 3.8) is 0 Å². The Morgan fingerprint density at radius 1 is 0.864 bits per heavy atom. The zero-order valence-electron chi connectivity index (χ0n) is 14.2. The lowest BCUT2D eigenvalue weighted by atomic mass is 9.75. The van der Waals surface area contributed by atoms with Gasteiger partial charge in [0.05, 0.1) is 6.42 Å². The second kappa shape index (κ2) is 8.66. The maximum atomic E-state index is 11.6. The third-order valence-electron chi connectivity index (χ3n) is 5.54. The van der Waals surface area contributed by atoms with Crippen LogP contribution in [-0.4, -0.2) is 30.8 Å². The molecule has 0 radical (unpaired) electrons. The molecule has 0 heterocycles. The highest BCUT2D eigenvalue weighted by atomic mass is 16.2. The first kappa shape index (κ1) is 17.5. The number of carbonyl (C=O) groups is 2. The van der Waals surface area contributed by atoms with Crippen LogP contribution in [-0.2, 0) is 9.59 Å². The third kappa shape index (κ3) is 5.71. The van der Waals surface area contributed by atoms with Crippen LogP contribution in [0.2, 0.25) is 0 Å². The van der Waals surface area contributed by atoms with Crippen molar-refractivity contribution in [2.75, 3.05) is 7.05 Å². The summed E-state index contributed by atoms with van der Waals surface area (Å²) >= 11 is 0. The molecule has 0 aromatic rings. The van der Waals surface area contributed by atoms with Gasteiger partial charge in [-0.15, -0.1) is 0 Å². The largest absolute Gasteiger partial charge is 0.353 e. The van der Waals surface area contributed by atoms with E-state index in [1.807, 2.05) is 0 Å². The predicted octanol–water partition coefficient (Wildman–Crippen LogP) is 2.81. The van der Waals surface area contributed by atoms with Crippen LogP contribution in [0.15, 0.2) is 0 Å². The van der Waals surface area contributed by atoms with E-state index in [1.54, 1.807) is 0 Å². The Morgan fingerprint density at radius 3 is 1.82 bits per heavy atom. The number of ketones is 1. The summed E-state index contributed by atoms with van der Waals surface area (Å²) in [4.78, 5) is 22.6. The van der Waals surface area contributed by atoms with Crippen molar-refractivity contribution in [2.24, 2.45) is 11.8 Å². The maximum Gasteiger partial charge on any atom is 0.227 e. The van der Waals surface area contributed by atoms with E-state index in [-0.39, 0.29) is 18.1 Å². The van der Waals surface area contributed by atoms with Crippen LogP contribution in [0.4, 0.5) is 0 Å². The molecule has 1 amide bonds. The quantitative estimate of drug-likeness (QED) is 0.742. The smallest absolute Gasteiger partial charge is 0.227 e. The number of Topliss-reactive ketones (excluding diaryl/α,β-unsaturated/α-hetero) is 1. The van der Waals surface area contributed by atoms with Crippen LogP contribution >= 0.6 is 0 Å². The van der Waals surface area contributed by atoms with Crippen molar-refractivity contribution in [3.05, 3.63) is 0 Å². The van der Waals surface area contributed by atoms with E-state index in [9.17, 15) is 9.59 Å². The fourth-order valence-corrected chi connectivity index (χ4v) is 4.21. The molecular formula is C18H32N2O2. The highest BCUT2D eigenvalue weighted by Gasteiger charge is 2.27. The Balaban J connectivity index is 1.63. The Hall–Kier alpha value is -0.900. The lowest BCUT2D eigenvalue weighted by Crippen LogP contribution is -2.38. The monoisotopic (exact) mass is 308 g/mol. The van der Waals surface area contributed by atoms with Gasteiger partial charge in [-0.05, 0) is 83.6 Å². The highest BCUT2D eigenvalue weighted by molar-refractivity contribution is 5.96. The fraction of sp³-hybridized carbons (Fsp3) is 0.889. The molecule has 2 rings (SSSR count). The van der Waals surface area contributed by atoms with Crippen LogP contribution < -0.4 is 10.6 Å². The molecule has 2 aliphatic rings. The molecule has 2 saturated carbocycles. The number of rotatable bonds is 6. The van der Waals surface area contributed by atoms with Crippen LogP contribution in [0.1, 0.15) is 71.1 Å². The summed E-state index contributed by atoms with van der Waals surface area (Å²) in [7, 11) is 2.08. The van der Waals surface area contributed by atoms with E-state index in [1.165, 1.54) is 51.9 Å². The van der Waals surface area contributed by atoms with Gasteiger partial charge >= 0.3 is 0 Å². The zero-order chi connectivity index (χ0) is 15.9. The summed E-state index contributed by atoms with van der Waals surface area (Å²) in [6, 6.07) is 1.03. The van der Waals surface area contributed by atoms with Gasteiger partial charge < -0.3 is 10.6 Å². The molecule has 0 aliphatic heterocycles. The summed E-state index contributed by atoms with van der Waals surface area (Å²) < 4.78 is 0. The van der Waals surface area contributed by atoms with Crippen molar-refractivity contribution in [1.82, 2.24) is 10.6 Å². The van der Waals surface area contributed by atoms with Crippen molar-refractivity contribution in [1.29, 1.82) is 0 Å². The Bertz CT molecular complexity index is 367. The third-order valence-corrected chi connectivity index (χ3v) is 5.54. The van der Waals surface area contributed by atoms with Gasteiger partial charge in [-0.3, -0.25) is 9.59 Å². The van der Waals surface area contributed by atoms with Gasteiger partial charge in [0.25, 0.3) is 0 Å². The minimum atomic E-state index is -0.0960. The van der Waals surface area contributed by atoms with Gasteiger partial charge in [-0.1, -0.05) is 0 Å². The number of hydrogen-bond donors (Lipinski definition) is 2. The Morgan fingerprint density at radius 2 is 1.36 bits per heavy atom. The van der Waals surface area contributed by atoms with Crippen LogP contribution in [0.25, 0.3) is 0 Å². The standard InChI is InChI=1S/C18H32N2O2/c1-13(21)11-18(22)20-17-9-5-15(6-10-17)12-14-3-7-16(19-2)8-4-14/h14-17,19H,3-12H2,1-2H3,(H,20,22). The molecule has 0 atom stereocenters. The Labute approximate surface area is 134 Å². The molecule has 0 aromatic carbocycles. The lowest BCUT2D eigenvalue weighted by Gasteiger charge is -2.34. The number of nitrogens with one attached hydrogen (secondary N) is 2. The summed E-state index contributed by atoms with van der Waals surface area (Å²) in [6.45, 7) is 1.47. The molecule has 0 aromatic heterocycles. The minimum Gasteiger partial charge on any atom is -0.353 e. The molecule has 22 heavy (non-hydrogen) atoms. The minimum absolute atomic E-state index is 0.0363. The van der Waals surface area contributed by atoms with Gasteiger partial charge in [0, 0.05) is 12.1 Å². The molecule has 126 valence electrons. The number of amides is 1. The summed E-state index contributed by atoms with van der Waals surface area (Å²) in [5.74, 6) is 1.61. The fourth-order valence-electron chi connectivity index (χ4n) is 4.21. The van der Waals surface area contributed by atoms with Crippen LogP contribution in [0, 0.1) is 11.8 Å². The predicted molar refractivity (Wildman–Crippen MR) is 88.6 cm³/mol. The van der Waals surface area contributed by atoms with E-state index >= 15 is 0 Å². The first-order valence-electron chi connectivity index (χ1n) is 9.03. The second-order valence-electron chi connectivity index (χ2n) is 7.41. The first-order chi connectivity index (χ1) is 10.6. The van der Waals surface area contributed by atoms with E-state index in [0.717, 1.165) is 30.7 Å². The average Bonchev–Trinajstić information content (AvgIpc) is 2.49. The molecule has 2 N–H and O–H groups in total.